The van der Waals surface area contributed by atoms with E-state index in [0.717, 1.165) is 12.0 Å². The van der Waals surface area contributed by atoms with E-state index >= 15 is 0 Å². The third kappa shape index (κ3) is 4.87. The Kier molecular flexibility index (Phi) is 5.74. The normalized spacial score (nSPS) is 15.6. The van der Waals surface area contributed by atoms with Gasteiger partial charge in [-0.1, -0.05) is 26.0 Å². The predicted octanol–water partition coefficient (Wildman–Crippen LogP) is 1.54. The van der Waals surface area contributed by atoms with Gasteiger partial charge in [-0.05, 0) is 25.8 Å². The molecule has 0 saturated carbocycles. The summed E-state index contributed by atoms with van der Waals surface area (Å²) in [7, 11) is 0. The minimum absolute atomic E-state index is 0.335. The van der Waals surface area contributed by atoms with E-state index in [4.69, 9.17) is 19.9 Å². The molecule has 0 aliphatic carbocycles. The van der Waals surface area contributed by atoms with Crippen LogP contribution in [0.4, 0.5) is 4.79 Å². The van der Waals surface area contributed by atoms with Crippen molar-refractivity contribution in [1.29, 1.82) is 0 Å². The van der Waals surface area contributed by atoms with E-state index in [2.05, 4.69) is 0 Å². The molecule has 0 fully saturated rings. The van der Waals surface area contributed by atoms with E-state index in [9.17, 15) is 14.4 Å². The molecule has 0 saturated heterocycles. The van der Waals surface area contributed by atoms with Crippen LogP contribution in [0.2, 0.25) is 0 Å². The van der Waals surface area contributed by atoms with Crippen molar-refractivity contribution in [2.75, 3.05) is 6.61 Å². The molecule has 8 nitrogen and oxygen atoms in total. The quantitative estimate of drug-likeness (QED) is 0.740. The Balaban J connectivity index is 1.98. The zero-order valence-corrected chi connectivity index (χ0v) is 15.3. The second-order valence-corrected chi connectivity index (χ2v) is 7.08. The summed E-state index contributed by atoms with van der Waals surface area (Å²) in [6.45, 7) is 6.90. The number of hydrogen-bond donors (Lipinski definition) is 2. The van der Waals surface area contributed by atoms with Crippen LogP contribution in [-0.4, -0.2) is 36.2 Å². The van der Waals surface area contributed by atoms with Crippen LogP contribution in [-0.2, 0) is 20.7 Å². The van der Waals surface area contributed by atoms with Crippen molar-refractivity contribution in [1.82, 2.24) is 5.32 Å². The number of para-hydroxylation sites is 1. The van der Waals surface area contributed by atoms with Gasteiger partial charge >= 0.3 is 12.0 Å². The standard InChI is InChI=1S/C18H24N2O6/c1-10(2)14(16(22)20-17(19)23)25-13(21)9-24-12-7-5-6-11-8-18(3,4)26-15(11)12/h5-7,10,14H,8-9H2,1-4H3,(H3,19,20,22,23)/t14-/m0/s1. The van der Waals surface area contributed by atoms with Crippen molar-refractivity contribution in [3.63, 3.8) is 0 Å². The van der Waals surface area contributed by atoms with Gasteiger partial charge in [-0.2, -0.15) is 0 Å². The lowest BCUT2D eigenvalue weighted by atomic mass is 10.0. The van der Waals surface area contributed by atoms with Gasteiger partial charge in [-0.25, -0.2) is 9.59 Å². The van der Waals surface area contributed by atoms with Crippen molar-refractivity contribution in [2.24, 2.45) is 11.7 Å². The number of imide groups is 1. The summed E-state index contributed by atoms with van der Waals surface area (Å²) in [5.41, 5.74) is 5.59. The molecule has 0 radical (unpaired) electrons. The average Bonchev–Trinajstić information content (AvgIpc) is 2.83. The van der Waals surface area contributed by atoms with Crippen LogP contribution in [0.1, 0.15) is 33.3 Å². The molecule has 1 atom stereocenters. The molecule has 0 bridgehead atoms. The molecule has 2 rings (SSSR count). The number of primary amides is 1. The van der Waals surface area contributed by atoms with E-state index in [1.165, 1.54) is 0 Å². The van der Waals surface area contributed by atoms with Gasteiger partial charge in [0.05, 0.1) is 0 Å². The molecular formula is C18H24N2O6. The lowest BCUT2D eigenvalue weighted by molar-refractivity contribution is -0.160. The highest BCUT2D eigenvalue weighted by Gasteiger charge is 2.33. The number of nitrogens with two attached hydrogens (primary N) is 1. The molecule has 1 aromatic rings. The smallest absolute Gasteiger partial charge is 0.344 e. The molecule has 142 valence electrons. The number of hydrogen-bond acceptors (Lipinski definition) is 6. The molecule has 1 heterocycles. The first-order chi connectivity index (χ1) is 12.1. The van der Waals surface area contributed by atoms with Crippen molar-refractivity contribution in [2.45, 2.75) is 45.8 Å². The summed E-state index contributed by atoms with van der Waals surface area (Å²) < 4.78 is 16.5. The number of esters is 1. The van der Waals surface area contributed by atoms with Crippen molar-refractivity contribution < 1.29 is 28.6 Å². The lowest BCUT2D eigenvalue weighted by Crippen LogP contribution is -2.46. The van der Waals surface area contributed by atoms with Crippen LogP contribution in [0, 0.1) is 5.92 Å². The summed E-state index contributed by atoms with van der Waals surface area (Å²) in [6.07, 6.45) is -0.401. The summed E-state index contributed by atoms with van der Waals surface area (Å²) in [5.74, 6) is -0.807. The number of urea groups is 1. The summed E-state index contributed by atoms with van der Waals surface area (Å²) >= 11 is 0. The molecule has 26 heavy (non-hydrogen) atoms. The van der Waals surface area contributed by atoms with Gasteiger partial charge in [-0.15, -0.1) is 0 Å². The Morgan fingerprint density at radius 1 is 1.31 bits per heavy atom. The van der Waals surface area contributed by atoms with E-state index in [-0.39, 0.29) is 11.5 Å². The number of rotatable bonds is 6. The highest BCUT2D eigenvalue weighted by molar-refractivity contribution is 5.96. The van der Waals surface area contributed by atoms with Crippen molar-refractivity contribution in [3.05, 3.63) is 23.8 Å². The largest absolute Gasteiger partial charge is 0.483 e. The topological polar surface area (TPSA) is 117 Å². The number of fused-ring (bicyclic) bond motifs is 1. The zero-order chi connectivity index (χ0) is 19.5. The van der Waals surface area contributed by atoms with Crippen LogP contribution in [0.5, 0.6) is 11.5 Å². The van der Waals surface area contributed by atoms with Crippen LogP contribution in [0.25, 0.3) is 0 Å². The molecule has 1 aliphatic heterocycles. The van der Waals surface area contributed by atoms with E-state index in [0.29, 0.717) is 11.5 Å². The lowest BCUT2D eigenvalue weighted by Gasteiger charge is -2.20. The van der Waals surface area contributed by atoms with E-state index in [1.807, 2.05) is 31.3 Å². The zero-order valence-electron chi connectivity index (χ0n) is 15.3. The molecule has 3 amide bonds. The van der Waals surface area contributed by atoms with Gasteiger partial charge in [-0.3, -0.25) is 10.1 Å². The summed E-state index contributed by atoms with van der Waals surface area (Å²) in [6, 6.07) is 4.46. The number of amides is 3. The predicted molar refractivity (Wildman–Crippen MR) is 92.8 cm³/mol. The first kappa shape index (κ1) is 19.6. The highest BCUT2D eigenvalue weighted by Crippen LogP contribution is 2.41. The number of carbonyl (C=O) groups is 3. The van der Waals surface area contributed by atoms with Crippen LogP contribution in [0.3, 0.4) is 0 Å². The van der Waals surface area contributed by atoms with Crippen molar-refractivity contribution >= 4 is 17.9 Å². The fourth-order valence-electron chi connectivity index (χ4n) is 2.70. The third-order valence-electron chi connectivity index (χ3n) is 3.77. The summed E-state index contributed by atoms with van der Waals surface area (Å²) in [5, 5.41) is 1.91. The Morgan fingerprint density at radius 3 is 2.62 bits per heavy atom. The van der Waals surface area contributed by atoms with Gasteiger partial charge in [0.1, 0.15) is 5.60 Å². The molecule has 3 N–H and O–H groups in total. The fourth-order valence-corrected chi connectivity index (χ4v) is 2.70. The minimum atomic E-state index is -1.14. The number of carbonyl (C=O) groups excluding carboxylic acids is 3. The second kappa shape index (κ2) is 7.63. The maximum atomic E-state index is 12.1. The Morgan fingerprint density at radius 2 is 2.00 bits per heavy atom. The van der Waals surface area contributed by atoms with Gasteiger partial charge in [0.15, 0.2) is 24.2 Å². The number of benzene rings is 1. The van der Waals surface area contributed by atoms with Crippen LogP contribution in [0.15, 0.2) is 18.2 Å². The Hall–Kier alpha value is -2.77. The van der Waals surface area contributed by atoms with Gasteiger partial charge < -0.3 is 19.9 Å². The monoisotopic (exact) mass is 364 g/mol. The van der Waals surface area contributed by atoms with Gasteiger partial charge in [0.2, 0.25) is 0 Å². The molecular weight excluding hydrogens is 340 g/mol. The maximum absolute atomic E-state index is 12.1. The fraction of sp³-hybridized carbons (Fsp3) is 0.500. The first-order valence-electron chi connectivity index (χ1n) is 8.32. The van der Waals surface area contributed by atoms with Gasteiger partial charge in [0, 0.05) is 12.0 Å². The SMILES string of the molecule is CC(C)[C@H](OC(=O)COc1cccc2c1OC(C)(C)C2)C(=O)NC(N)=O. The summed E-state index contributed by atoms with van der Waals surface area (Å²) in [4.78, 5) is 34.7. The van der Waals surface area contributed by atoms with E-state index in [1.54, 1.807) is 19.9 Å². The first-order valence-corrected chi connectivity index (χ1v) is 8.32. The molecule has 0 unspecified atom stereocenters. The molecule has 0 aromatic heterocycles. The number of nitrogens with one attached hydrogen (secondary N) is 1. The molecule has 0 spiro atoms. The molecule has 1 aliphatic rings. The Labute approximate surface area is 152 Å². The maximum Gasteiger partial charge on any atom is 0.344 e. The number of ether oxygens (including phenoxy) is 3. The average molecular weight is 364 g/mol. The molecule has 8 heteroatoms. The van der Waals surface area contributed by atoms with E-state index < -0.39 is 30.6 Å². The van der Waals surface area contributed by atoms with Crippen LogP contribution < -0.4 is 20.5 Å². The Bertz CT molecular complexity index is 714. The van der Waals surface area contributed by atoms with Gasteiger partial charge in [0.25, 0.3) is 5.91 Å². The second-order valence-electron chi connectivity index (χ2n) is 7.08. The van der Waals surface area contributed by atoms with Crippen LogP contribution >= 0.6 is 0 Å². The third-order valence-corrected chi connectivity index (χ3v) is 3.77. The van der Waals surface area contributed by atoms with Crippen molar-refractivity contribution in [3.8, 4) is 11.5 Å². The minimum Gasteiger partial charge on any atom is -0.483 e. The highest BCUT2D eigenvalue weighted by atomic mass is 16.6. The molecule has 1 aromatic carbocycles.